The predicted octanol–water partition coefficient (Wildman–Crippen LogP) is 5.35. The van der Waals surface area contributed by atoms with E-state index >= 15 is 4.39 Å². The zero-order valence-corrected chi connectivity index (χ0v) is 21.4. The first-order valence-electron chi connectivity index (χ1n) is 12.0. The Morgan fingerprint density at radius 1 is 1.10 bits per heavy atom. The van der Waals surface area contributed by atoms with Crippen LogP contribution in [0, 0.1) is 12.4 Å². The Balaban J connectivity index is 1.38. The molecule has 0 spiro atoms. The van der Waals surface area contributed by atoms with E-state index in [1.807, 2.05) is 0 Å². The summed E-state index contributed by atoms with van der Waals surface area (Å²) in [5, 5.41) is 10.0. The fraction of sp³-hybridized carbons (Fsp3) is 0.185. The first kappa shape index (κ1) is 27.3. The number of amides is 4. The summed E-state index contributed by atoms with van der Waals surface area (Å²) in [7, 11) is 0. The lowest BCUT2D eigenvalue weighted by molar-refractivity contribution is -0.137. The molecule has 2 N–H and O–H groups in total. The van der Waals surface area contributed by atoms with E-state index in [9.17, 15) is 27.6 Å². The number of nitrogens with zero attached hydrogens (tertiary/aromatic N) is 5. The van der Waals surface area contributed by atoms with Crippen molar-refractivity contribution in [1.82, 2.24) is 20.5 Å². The number of rotatable bonds is 5. The maximum Gasteiger partial charge on any atom is 0.409 e. The number of imide groups is 1. The Hall–Kier alpha value is -5.32. The van der Waals surface area contributed by atoms with Crippen LogP contribution in [0.1, 0.15) is 35.3 Å². The van der Waals surface area contributed by atoms with Gasteiger partial charge in [0, 0.05) is 28.7 Å². The molecule has 1 aliphatic rings. The number of benzene rings is 2. The summed E-state index contributed by atoms with van der Waals surface area (Å²) in [6.45, 7) is 9.47. The zero-order valence-electron chi connectivity index (χ0n) is 21.4. The molecule has 0 atom stereocenters. The summed E-state index contributed by atoms with van der Waals surface area (Å²) in [6.07, 6.45) is -2.56. The van der Waals surface area contributed by atoms with Crippen LogP contribution >= 0.6 is 0 Å². The average molecular weight is 565 g/mol. The highest BCUT2D eigenvalue weighted by Crippen LogP contribution is 2.41. The Bertz CT molecular complexity index is 1770. The summed E-state index contributed by atoms with van der Waals surface area (Å²) >= 11 is 0. The number of halogens is 4. The number of fused-ring (bicyclic) bond motifs is 1. The van der Waals surface area contributed by atoms with Crippen molar-refractivity contribution in [2.45, 2.75) is 32.1 Å². The third-order valence-electron chi connectivity index (χ3n) is 6.63. The molecule has 1 aliphatic heterocycles. The molecule has 0 aliphatic carbocycles. The second-order valence-electron chi connectivity index (χ2n) is 9.62. The van der Waals surface area contributed by atoms with Crippen LogP contribution in [0.15, 0.2) is 54.9 Å². The number of carbonyl (C=O) groups is 3. The standard InChI is InChI=1S/C27H19F4N7O3/c1-26(2)24(40)37(18-9-19(27(29,30)31)22(32-3)33-13-18)25(41)38(26)17-6-4-15(20(28)10-17)11-34-23(39)14-5-7-21-16(8-14)12-35-36-21/h4-10,12-13H,11H2,1-2H3,(H,34,39)(H,35,36). The smallest absolute Gasteiger partial charge is 0.360 e. The van der Waals surface area contributed by atoms with Gasteiger partial charge in [-0.2, -0.15) is 18.3 Å². The molecule has 14 heteroatoms. The summed E-state index contributed by atoms with van der Waals surface area (Å²) in [5.74, 6) is -3.04. The first-order chi connectivity index (χ1) is 19.3. The van der Waals surface area contributed by atoms with Gasteiger partial charge in [0.1, 0.15) is 17.6 Å². The summed E-state index contributed by atoms with van der Waals surface area (Å²) in [5.41, 5.74) is -2.35. The molecule has 4 amide bonds. The minimum atomic E-state index is -4.95. The predicted molar refractivity (Wildman–Crippen MR) is 139 cm³/mol. The third-order valence-corrected chi connectivity index (χ3v) is 6.63. The topological polar surface area (TPSA) is 116 Å². The number of H-pyrrole nitrogens is 1. The molecule has 10 nitrogen and oxygen atoms in total. The fourth-order valence-electron chi connectivity index (χ4n) is 4.50. The number of aromatic nitrogens is 3. The maximum absolute atomic E-state index is 15.1. The van der Waals surface area contributed by atoms with Crippen molar-refractivity contribution in [2.75, 3.05) is 9.80 Å². The van der Waals surface area contributed by atoms with Crippen molar-refractivity contribution in [3.05, 3.63) is 88.8 Å². The van der Waals surface area contributed by atoms with Gasteiger partial charge >= 0.3 is 12.2 Å². The van der Waals surface area contributed by atoms with Crippen LogP contribution in [0.25, 0.3) is 15.7 Å². The van der Waals surface area contributed by atoms with E-state index in [2.05, 4.69) is 25.3 Å². The van der Waals surface area contributed by atoms with E-state index in [-0.39, 0.29) is 17.8 Å². The van der Waals surface area contributed by atoms with Crippen LogP contribution in [0.3, 0.4) is 0 Å². The van der Waals surface area contributed by atoms with Crippen molar-refractivity contribution < 1.29 is 31.9 Å². The van der Waals surface area contributed by atoms with Gasteiger partial charge in [-0.1, -0.05) is 12.6 Å². The second-order valence-corrected chi connectivity index (χ2v) is 9.62. The van der Waals surface area contributed by atoms with Gasteiger partial charge in [0.25, 0.3) is 17.6 Å². The molecule has 41 heavy (non-hydrogen) atoms. The van der Waals surface area contributed by atoms with Gasteiger partial charge in [-0.25, -0.2) is 14.1 Å². The van der Waals surface area contributed by atoms with Crippen molar-refractivity contribution in [3.8, 4) is 0 Å². The molecule has 0 bridgehead atoms. The Morgan fingerprint density at radius 3 is 2.54 bits per heavy atom. The quantitative estimate of drug-likeness (QED) is 0.192. The van der Waals surface area contributed by atoms with Crippen LogP contribution in [0.5, 0.6) is 0 Å². The van der Waals surface area contributed by atoms with Crippen molar-refractivity contribution in [1.29, 1.82) is 0 Å². The van der Waals surface area contributed by atoms with Crippen molar-refractivity contribution in [3.63, 3.8) is 0 Å². The molecule has 1 fully saturated rings. The van der Waals surface area contributed by atoms with Crippen LogP contribution < -0.4 is 15.1 Å². The molecular weight excluding hydrogens is 546 g/mol. The number of nitrogens with one attached hydrogen (secondary N) is 2. The Kier molecular flexibility index (Phi) is 6.45. The van der Waals surface area contributed by atoms with E-state index in [1.165, 1.54) is 26.0 Å². The number of aromatic amines is 1. The third kappa shape index (κ3) is 4.71. The van der Waals surface area contributed by atoms with E-state index in [0.29, 0.717) is 16.5 Å². The van der Waals surface area contributed by atoms with Gasteiger partial charge in [-0.15, -0.1) is 4.98 Å². The molecular formula is C27H19F4N7O3. The highest BCUT2D eigenvalue weighted by atomic mass is 19.4. The van der Waals surface area contributed by atoms with E-state index in [0.717, 1.165) is 28.1 Å². The van der Waals surface area contributed by atoms with E-state index < -0.39 is 52.4 Å². The van der Waals surface area contributed by atoms with Crippen molar-refractivity contribution >= 4 is 45.9 Å². The Labute approximate surface area is 229 Å². The molecule has 1 saturated heterocycles. The number of carbonyl (C=O) groups excluding carboxylic acids is 3. The zero-order chi connectivity index (χ0) is 29.7. The van der Waals surface area contributed by atoms with Gasteiger partial charge in [0.05, 0.1) is 23.0 Å². The Morgan fingerprint density at radius 2 is 1.85 bits per heavy atom. The maximum atomic E-state index is 15.1. The fourth-order valence-corrected chi connectivity index (χ4v) is 4.50. The van der Waals surface area contributed by atoms with Gasteiger partial charge in [0.2, 0.25) is 0 Å². The average Bonchev–Trinajstić information content (AvgIpc) is 3.46. The lowest BCUT2D eigenvalue weighted by Gasteiger charge is -2.28. The molecule has 2 aromatic carbocycles. The van der Waals surface area contributed by atoms with Crippen molar-refractivity contribution in [2.24, 2.45) is 0 Å². The number of urea groups is 1. The minimum absolute atomic E-state index is 0.0318. The molecule has 2 aromatic heterocycles. The largest absolute Gasteiger partial charge is 0.409 e. The van der Waals surface area contributed by atoms with Gasteiger partial charge in [-0.05, 0) is 50.2 Å². The minimum Gasteiger partial charge on any atom is -0.360 e. The van der Waals surface area contributed by atoms with Crippen LogP contribution in [-0.4, -0.2) is 38.6 Å². The number of alkyl halides is 3. The van der Waals surface area contributed by atoms with E-state index in [1.54, 1.807) is 24.4 Å². The van der Waals surface area contributed by atoms with E-state index in [4.69, 9.17) is 6.57 Å². The highest BCUT2D eigenvalue weighted by Gasteiger charge is 2.53. The molecule has 4 aromatic rings. The number of anilines is 2. The van der Waals surface area contributed by atoms with Gasteiger partial charge in [-0.3, -0.25) is 19.6 Å². The number of hydrogen-bond donors (Lipinski definition) is 2. The van der Waals surface area contributed by atoms with Crippen LogP contribution in [0.4, 0.5) is 39.5 Å². The lowest BCUT2D eigenvalue weighted by Crippen LogP contribution is -2.44. The SMILES string of the molecule is [C-]#[N+]c1ncc(N2C(=O)N(c3ccc(CNC(=O)c4ccc5[nH]ncc5c4)c(F)c3)C(C)(C)C2=O)cc1C(F)(F)F. The lowest BCUT2D eigenvalue weighted by atomic mass is 10.0. The summed E-state index contributed by atoms with van der Waals surface area (Å²) in [6, 6.07) is 8.06. The highest BCUT2D eigenvalue weighted by molar-refractivity contribution is 6.30. The molecule has 5 rings (SSSR count). The summed E-state index contributed by atoms with van der Waals surface area (Å²) < 4.78 is 55.6. The molecule has 0 unspecified atom stereocenters. The number of pyridine rings is 1. The molecule has 3 heterocycles. The molecule has 208 valence electrons. The number of hydrogen-bond acceptors (Lipinski definition) is 5. The molecule has 0 radical (unpaired) electrons. The molecule has 0 saturated carbocycles. The monoisotopic (exact) mass is 565 g/mol. The first-order valence-corrected chi connectivity index (χ1v) is 12.0. The van der Waals surface area contributed by atoms with Crippen LogP contribution in [-0.2, 0) is 17.5 Å². The second kappa shape index (κ2) is 9.70. The summed E-state index contributed by atoms with van der Waals surface area (Å²) in [4.78, 5) is 46.9. The van der Waals surface area contributed by atoms with Crippen LogP contribution in [0.2, 0.25) is 0 Å². The van der Waals surface area contributed by atoms with Gasteiger partial charge in [0.15, 0.2) is 0 Å². The van der Waals surface area contributed by atoms with Gasteiger partial charge < -0.3 is 10.2 Å². The normalized spacial score (nSPS) is 15.0.